The maximum atomic E-state index is 14.2. The van der Waals surface area contributed by atoms with Crippen LogP contribution in [0.5, 0.6) is 17.2 Å². The lowest BCUT2D eigenvalue weighted by molar-refractivity contribution is -0.146. The Hall–Kier alpha value is -3.73. The highest BCUT2D eigenvalue weighted by Gasteiger charge is 2.37. The van der Waals surface area contributed by atoms with Crippen LogP contribution in [0.25, 0.3) is 0 Å². The first-order valence-corrected chi connectivity index (χ1v) is 14.2. The van der Waals surface area contributed by atoms with Gasteiger partial charge in [-0.2, -0.15) is 4.98 Å². The number of carbonyl (C=O) groups is 1. The van der Waals surface area contributed by atoms with Gasteiger partial charge >= 0.3 is 5.97 Å². The van der Waals surface area contributed by atoms with Gasteiger partial charge in [0.05, 0.1) is 26.9 Å². The van der Waals surface area contributed by atoms with Crippen LogP contribution in [0.15, 0.2) is 52.8 Å². The Morgan fingerprint density at radius 2 is 1.77 bits per heavy atom. The van der Waals surface area contributed by atoms with Crippen molar-refractivity contribution in [3.63, 3.8) is 0 Å². The van der Waals surface area contributed by atoms with Gasteiger partial charge in [0.1, 0.15) is 18.0 Å². The SMILES string of the molecule is COc1cc(C2C(C(=O)OC3CCCCC3)=C(C)Nc3nc(SCc4ccccc4F)nn32)cc(OC)c1OC. The minimum atomic E-state index is -0.684. The molecule has 1 aromatic heterocycles. The molecule has 1 N–H and O–H groups in total. The highest BCUT2D eigenvalue weighted by atomic mass is 32.2. The van der Waals surface area contributed by atoms with Crippen molar-refractivity contribution in [3.8, 4) is 17.2 Å². The number of carbonyl (C=O) groups excluding carboxylic acids is 1. The summed E-state index contributed by atoms with van der Waals surface area (Å²) in [4.78, 5) is 18.4. The summed E-state index contributed by atoms with van der Waals surface area (Å²) >= 11 is 1.31. The van der Waals surface area contributed by atoms with Crippen molar-refractivity contribution in [1.82, 2.24) is 14.8 Å². The third-order valence-electron chi connectivity index (χ3n) is 7.20. The van der Waals surface area contributed by atoms with Crippen LogP contribution >= 0.6 is 11.8 Å². The van der Waals surface area contributed by atoms with E-state index in [-0.39, 0.29) is 11.9 Å². The number of ether oxygens (including phenoxy) is 4. The molecule has 9 nitrogen and oxygen atoms in total. The first-order chi connectivity index (χ1) is 19.4. The second-order valence-electron chi connectivity index (χ2n) is 9.73. The molecule has 11 heteroatoms. The molecule has 3 aromatic rings. The highest BCUT2D eigenvalue weighted by molar-refractivity contribution is 7.98. The Bertz CT molecular complexity index is 1390. The first-order valence-electron chi connectivity index (χ1n) is 13.2. The molecule has 1 atom stereocenters. The highest BCUT2D eigenvalue weighted by Crippen LogP contribution is 2.44. The Labute approximate surface area is 237 Å². The van der Waals surface area contributed by atoms with Crippen molar-refractivity contribution >= 4 is 23.7 Å². The van der Waals surface area contributed by atoms with Gasteiger partial charge in [-0.1, -0.05) is 36.4 Å². The van der Waals surface area contributed by atoms with Crippen LogP contribution in [-0.2, 0) is 15.3 Å². The number of benzene rings is 2. The average molecular weight is 569 g/mol. The Morgan fingerprint density at radius 3 is 2.42 bits per heavy atom. The molecule has 2 aromatic carbocycles. The molecule has 2 heterocycles. The van der Waals surface area contributed by atoms with Gasteiger partial charge < -0.3 is 24.3 Å². The fourth-order valence-electron chi connectivity index (χ4n) is 5.18. The van der Waals surface area contributed by atoms with Gasteiger partial charge in [0, 0.05) is 11.4 Å². The van der Waals surface area contributed by atoms with Crippen molar-refractivity contribution in [2.75, 3.05) is 26.6 Å². The maximum Gasteiger partial charge on any atom is 0.338 e. The number of esters is 1. The average Bonchev–Trinajstić information content (AvgIpc) is 3.37. The zero-order valence-corrected chi connectivity index (χ0v) is 23.8. The molecule has 5 rings (SSSR count). The lowest BCUT2D eigenvalue weighted by atomic mass is 9.94. The van der Waals surface area contributed by atoms with Crippen molar-refractivity contribution in [3.05, 3.63) is 64.6 Å². The molecule has 0 amide bonds. The summed E-state index contributed by atoms with van der Waals surface area (Å²) < 4.78 is 38.6. The number of aromatic nitrogens is 3. The van der Waals surface area contributed by atoms with E-state index in [1.807, 2.05) is 6.92 Å². The number of hydrogen-bond acceptors (Lipinski definition) is 9. The van der Waals surface area contributed by atoms with Crippen LogP contribution in [0.1, 0.15) is 56.2 Å². The van der Waals surface area contributed by atoms with Gasteiger partial charge in [-0.25, -0.2) is 13.9 Å². The van der Waals surface area contributed by atoms with E-state index in [1.54, 1.807) is 49.2 Å². The van der Waals surface area contributed by atoms with E-state index < -0.39 is 12.0 Å². The molecule has 1 unspecified atom stereocenters. The normalized spacial score (nSPS) is 17.2. The third-order valence-corrected chi connectivity index (χ3v) is 8.08. The standard InChI is InChI=1S/C29H33FN4O5S/c1-17-24(27(35)39-20-11-6-5-7-12-20)25(19-14-22(36-2)26(38-4)23(15-19)37-3)34-28(31-17)32-29(33-34)40-16-18-10-8-9-13-21(18)30/h8-10,13-15,20,25H,5-7,11-12,16H2,1-4H3,(H,31,32,33). The zero-order valence-electron chi connectivity index (χ0n) is 23.0. The molecule has 1 fully saturated rings. The summed E-state index contributed by atoms with van der Waals surface area (Å²) in [5.74, 6) is 1.47. The molecule has 0 spiro atoms. The van der Waals surface area contributed by atoms with Crippen LogP contribution in [0.2, 0.25) is 0 Å². The summed E-state index contributed by atoms with van der Waals surface area (Å²) in [6, 6.07) is 9.54. The molecule has 1 aliphatic heterocycles. The van der Waals surface area contributed by atoms with E-state index >= 15 is 0 Å². The minimum absolute atomic E-state index is 0.119. The lowest BCUT2D eigenvalue weighted by Gasteiger charge is -2.30. The second-order valence-corrected chi connectivity index (χ2v) is 10.7. The zero-order chi connectivity index (χ0) is 28.2. The summed E-state index contributed by atoms with van der Waals surface area (Å²) in [5, 5.41) is 8.42. The molecule has 212 valence electrons. The van der Waals surface area contributed by atoms with Crippen molar-refractivity contribution in [1.29, 1.82) is 0 Å². The van der Waals surface area contributed by atoms with Crippen LogP contribution in [-0.4, -0.2) is 48.2 Å². The van der Waals surface area contributed by atoms with Gasteiger partial charge in [-0.15, -0.1) is 5.10 Å². The molecular formula is C29H33FN4O5S. The molecule has 0 saturated heterocycles. The largest absolute Gasteiger partial charge is 0.493 e. The molecular weight excluding hydrogens is 535 g/mol. The first kappa shape index (κ1) is 27.8. The quantitative estimate of drug-likeness (QED) is 0.250. The van der Waals surface area contributed by atoms with Crippen LogP contribution in [0.4, 0.5) is 10.3 Å². The number of anilines is 1. The van der Waals surface area contributed by atoms with Crippen LogP contribution in [0, 0.1) is 5.82 Å². The second kappa shape index (κ2) is 12.2. The molecule has 0 radical (unpaired) electrons. The van der Waals surface area contributed by atoms with Crippen molar-refractivity contribution in [2.24, 2.45) is 0 Å². The molecule has 2 aliphatic rings. The number of hydrogen-bond donors (Lipinski definition) is 1. The van der Waals surface area contributed by atoms with E-state index in [0.717, 1.165) is 32.1 Å². The van der Waals surface area contributed by atoms with E-state index in [1.165, 1.54) is 24.9 Å². The van der Waals surface area contributed by atoms with E-state index in [2.05, 4.69) is 10.3 Å². The smallest absolute Gasteiger partial charge is 0.338 e. The number of fused-ring (bicyclic) bond motifs is 1. The molecule has 1 aliphatic carbocycles. The van der Waals surface area contributed by atoms with Gasteiger partial charge in [0.15, 0.2) is 11.5 Å². The molecule has 0 bridgehead atoms. The number of nitrogens with one attached hydrogen (secondary N) is 1. The Balaban J connectivity index is 1.55. The number of rotatable bonds is 9. The minimum Gasteiger partial charge on any atom is -0.493 e. The van der Waals surface area contributed by atoms with Gasteiger partial charge in [-0.3, -0.25) is 0 Å². The fourth-order valence-corrected chi connectivity index (χ4v) is 6.00. The summed E-state index contributed by atoms with van der Waals surface area (Å²) in [5.41, 5.74) is 2.27. The van der Waals surface area contributed by atoms with Gasteiger partial charge in [0.2, 0.25) is 16.9 Å². The van der Waals surface area contributed by atoms with Crippen molar-refractivity contribution in [2.45, 2.75) is 62.1 Å². The van der Waals surface area contributed by atoms with Gasteiger partial charge in [0.25, 0.3) is 0 Å². The molecule has 1 saturated carbocycles. The topological polar surface area (TPSA) is 96.7 Å². The van der Waals surface area contributed by atoms with E-state index in [4.69, 9.17) is 24.0 Å². The maximum absolute atomic E-state index is 14.2. The Morgan fingerprint density at radius 1 is 1.07 bits per heavy atom. The molecule has 40 heavy (non-hydrogen) atoms. The number of halogens is 1. The summed E-state index contributed by atoms with van der Waals surface area (Å²) in [6.45, 7) is 1.83. The Kier molecular flexibility index (Phi) is 8.49. The third kappa shape index (κ3) is 5.60. The number of allylic oxidation sites excluding steroid dienone is 1. The van der Waals surface area contributed by atoms with Crippen molar-refractivity contribution < 1.29 is 28.1 Å². The number of nitrogens with zero attached hydrogens (tertiary/aromatic N) is 3. The summed E-state index contributed by atoms with van der Waals surface area (Å²) in [6.07, 6.45) is 4.82. The lowest BCUT2D eigenvalue weighted by Crippen LogP contribution is -2.32. The van der Waals surface area contributed by atoms with Gasteiger partial charge in [-0.05, 0) is 61.9 Å². The predicted molar refractivity (Wildman–Crippen MR) is 150 cm³/mol. The van der Waals surface area contributed by atoms with Crippen LogP contribution < -0.4 is 19.5 Å². The fraction of sp³-hybridized carbons (Fsp3) is 0.414. The monoisotopic (exact) mass is 568 g/mol. The number of methoxy groups -OCH3 is 3. The van der Waals surface area contributed by atoms with E-state index in [9.17, 15) is 9.18 Å². The predicted octanol–water partition coefficient (Wildman–Crippen LogP) is 5.90. The van der Waals surface area contributed by atoms with Crippen LogP contribution in [0.3, 0.4) is 0 Å². The summed E-state index contributed by atoms with van der Waals surface area (Å²) in [7, 11) is 4.62. The van der Waals surface area contributed by atoms with E-state index in [0.29, 0.717) is 56.5 Å². The number of thioether (sulfide) groups is 1.